The molecule has 2 heterocycles. The van der Waals surface area contributed by atoms with Crippen LogP contribution in [0.4, 0.5) is 4.79 Å². The van der Waals surface area contributed by atoms with Gasteiger partial charge in [-0.2, -0.15) is 0 Å². The number of pyridine rings is 1. The van der Waals surface area contributed by atoms with Crippen molar-refractivity contribution in [3.8, 4) is 0 Å². The minimum atomic E-state index is 0.154. The Kier molecular flexibility index (Phi) is 6.03. The maximum Gasteiger partial charge on any atom is 0.320 e. The molecule has 0 radical (unpaired) electrons. The highest BCUT2D eigenvalue weighted by atomic mass is 35.5. The summed E-state index contributed by atoms with van der Waals surface area (Å²) in [5, 5.41) is 0.660. The zero-order valence-corrected chi connectivity index (χ0v) is 14.4. The molecule has 22 heavy (non-hydrogen) atoms. The molecule has 0 aliphatic carbocycles. The van der Waals surface area contributed by atoms with Crippen LogP contribution in [-0.2, 0) is 6.54 Å². The average Bonchev–Trinajstić information content (AvgIpc) is 2.50. The molecule has 122 valence electrons. The monoisotopic (exact) mass is 324 g/mol. The zero-order valence-electron chi connectivity index (χ0n) is 13.6. The third-order valence-electron chi connectivity index (χ3n) is 4.03. The van der Waals surface area contributed by atoms with E-state index in [-0.39, 0.29) is 12.1 Å². The highest BCUT2D eigenvalue weighted by molar-refractivity contribution is 6.30. The van der Waals surface area contributed by atoms with E-state index >= 15 is 0 Å². The summed E-state index contributed by atoms with van der Waals surface area (Å²) in [5.41, 5.74) is 1.02. The van der Waals surface area contributed by atoms with Crippen LogP contribution in [-0.4, -0.2) is 64.5 Å². The van der Waals surface area contributed by atoms with Crippen LogP contribution in [0.25, 0.3) is 0 Å². The van der Waals surface area contributed by atoms with Crippen molar-refractivity contribution in [2.75, 3.05) is 32.7 Å². The van der Waals surface area contributed by atoms with E-state index in [0.717, 1.165) is 45.0 Å². The van der Waals surface area contributed by atoms with Crippen LogP contribution in [0.2, 0.25) is 5.02 Å². The molecule has 0 spiro atoms. The van der Waals surface area contributed by atoms with E-state index in [9.17, 15) is 4.79 Å². The predicted octanol–water partition coefficient (Wildman–Crippen LogP) is 2.70. The van der Waals surface area contributed by atoms with Crippen molar-refractivity contribution in [2.45, 2.75) is 33.4 Å². The molecule has 1 fully saturated rings. The van der Waals surface area contributed by atoms with Crippen molar-refractivity contribution >= 4 is 17.6 Å². The second-order valence-electron chi connectivity index (χ2n) is 5.89. The maximum absolute atomic E-state index is 12.5. The predicted molar refractivity (Wildman–Crippen MR) is 89.0 cm³/mol. The Morgan fingerprint density at radius 2 is 2.00 bits per heavy atom. The fourth-order valence-corrected chi connectivity index (χ4v) is 2.84. The molecule has 1 aromatic rings. The normalized spacial score (nSPS) is 16.1. The molecule has 2 rings (SSSR count). The van der Waals surface area contributed by atoms with Gasteiger partial charge in [-0.3, -0.25) is 9.88 Å². The van der Waals surface area contributed by atoms with Gasteiger partial charge < -0.3 is 9.80 Å². The third kappa shape index (κ3) is 4.34. The van der Waals surface area contributed by atoms with Crippen molar-refractivity contribution in [1.82, 2.24) is 19.7 Å². The second-order valence-corrected chi connectivity index (χ2v) is 6.33. The number of hydrogen-bond donors (Lipinski definition) is 0. The summed E-state index contributed by atoms with van der Waals surface area (Å²) in [6.07, 6.45) is 1.68. The lowest BCUT2D eigenvalue weighted by Gasteiger charge is -2.38. The fourth-order valence-electron chi connectivity index (χ4n) is 2.73. The summed E-state index contributed by atoms with van der Waals surface area (Å²) in [6.45, 7) is 11.0. The van der Waals surface area contributed by atoms with E-state index in [1.165, 1.54) is 0 Å². The van der Waals surface area contributed by atoms with Crippen molar-refractivity contribution < 1.29 is 4.79 Å². The van der Waals surface area contributed by atoms with Crippen molar-refractivity contribution in [2.24, 2.45) is 0 Å². The number of aromatic nitrogens is 1. The van der Waals surface area contributed by atoms with Crippen LogP contribution in [0.1, 0.15) is 26.5 Å². The molecule has 0 N–H and O–H groups in total. The Bertz CT molecular complexity index is 483. The highest BCUT2D eigenvalue weighted by Crippen LogP contribution is 2.12. The molecule has 0 unspecified atom stereocenters. The van der Waals surface area contributed by atoms with Gasteiger partial charge in [0.1, 0.15) is 0 Å². The van der Waals surface area contributed by atoms with Gasteiger partial charge in [-0.05, 0) is 32.9 Å². The van der Waals surface area contributed by atoms with Gasteiger partial charge in [-0.15, -0.1) is 0 Å². The number of urea groups is 1. The highest BCUT2D eigenvalue weighted by Gasteiger charge is 2.25. The van der Waals surface area contributed by atoms with E-state index in [0.29, 0.717) is 5.02 Å². The van der Waals surface area contributed by atoms with E-state index in [4.69, 9.17) is 11.6 Å². The Morgan fingerprint density at radius 1 is 1.32 bits per heavy atom. The Morgan fingerprint density at radius 3 is 2.50 bits per heavy atom. The smallest absolute Gasteiger partial charge is 0.320 e. The summed E-state index contributed by atoms with van der Waals surface area (Å²) in [6, 6.07) is 4.22. The number of nitrogens with zero attached hydrogens (tertiary/aromatic N) is 4. The molecule has 5 nitrogen and oxygen atoms in total. The molecule has 0 bridgehead atoms. The zero-order chi connectivity index (χ0) is 16.1. The molecule has 1 aliphatic rings. The number of halogens is 1. The van der Waals surface area contributed by atoms with Gasteiger partial charge in [0.25, 0.3) is 0 Å². The Balaban J connectivity index is 1.85. The molecule has 0 saturated carbocycles. The van der Waals surface area contributed by atoms with Gasteiger partial charge in [0.05, 0.1) is 10.7 Å². The molecule has 2 amide bonds. The van der Waals surface area contributed by atoms with Crippen LogP contribution in [0, 0.1) is 0 Å². The summed E-state index contributed by atoms with van der Waals surface area (Å²) >= 11 is 5.85. The first-order valence-corrected chi connectivity index (χ1v) is 8.27. The van der Waals surface area contributed by atoms with Crippen molar-refractivity contribution in [3.05, 3.63) is 29.0 Å². The quantitative estimate of drug-likeness (QED) is 0.855. The average molecular weight is 325 g/mol. The van der Waals surface area contributed by atoms with Gasteiger partial charge in [0.15, 0.2) is 0 Å². The van der Waals surface area contributed by atoms with Gasteiger partial charge in [-0.1, -0.05) is 11.6 Å². The third-order valence-corrected chi connectivity index (χ3v) is 4.25. The van der Waals surface area contributed by atoms with E-state index in [2.05, 4.69) is 23.7 Å². The molecular weight excluding hydrogens is 300 g/mol. The fraction of sp³-hybridized carbons (Fsp3) is 0.625. The first kappa shape index (κ1) is 17.0. The van der Waals surface area contributed by atoms with Crippen LogP contribution in [0.3, 0.4) is 0 Å². The number of carbonyl (C=O) groups excluding carboxylic acids is 1. The number of carbonyl (C=O) groups is 1. The minimum Gasteiger partial charge on any atom is -0.323 e. The lowest BCUT2D eigenvalue weighted by atomic mass is 10.2. The SMILES string of the molecule is CCN(C(=O)N1CCN(Cc2ccc(Cl)cn2)CC1)C(C)C. The topological polar surface area (TPSA) is 39.7 Å². The Labute approximate surface area is 137 Å². The van der Waals surface area contributed by atoms with Crippen molar-refractivity contribution in [1.29, 1.82) is 0 Å². The largest absolute Gasteiger partial charge is 0.323 e. The van der Waals surface area contributed by atoms with E-state index in [1.54, 1.807) is 6.20 Å². The molecule has 0 aromatic carbocycles. The van der Waals surface area contributed by atoms with E-state index < -0.39 is 0 Å². The number of amides is 2. The summed E-state index contributed by atoms with van der Waals surface area (Å²) in [5.74, 6) is 0. The summed E-state index contributed by atoms with van der Waals surface area (Å²) in [7, 11) is 0. The van der Waals surface area contributed by atoms with Gasteiger partial charge in [0.2, 0.25) is 0 Å². The lowest BCUT2D eigenvalue weighted by molar-refractivity contribution is 0.103. The number of piperazine rings is 1. The van der Waals surface area contributed by atoms with Gasteiger partial charge in [-0.25, -0.2) is 4.79 Å². The molecule has 1 aliphatic heterocycles. The molecule has 1 saturated heterocycles. The van der Waals surface area contributed by atoms with Crippen LogP contribution >= 0.6 is 11.6 Å². The minimum absolute atomic E-state index is 0.154. The summed E-state index contributed by atoms with van der Waals surface area (Å²) in [4.78, 5) is 23.0. The van der Waals surface area contributed by atoms with Crippen LogP contribution < -0.4 is 0 Å². The second kappa shape index (κ2) is 7.79. The molecule has 6 heteroatoms. The number of hydrogen-bond acceptors (Lipinski definition) is 3. The molecule has 0 atom stereocenters. The van der Waals surface area contributed by atoms with Gasteiger partial charge in [0, 0.05) is 51.5 Å². The van der Waals surface area contributed by atoms with Crippen molar-refractivity contribution in [3.63, 3.8) is 0 Å². The lowest BCUT2D eigenvalue weighted by Crippen LogP contribution is -2.53. The van der Waals surface area contributed by atoms with Gasteiger partial charge >= 0.3 is 6.03 Å². The first-order valence-electron chi connectivity index (χ1n) is 7.89. The number of rotatable bonds is 4. The first-order chi connectivity index (χ1) is 10.5. The van der Waals surface area contributed by atoms with Crippen LogP contribution in [0.5, 0.6) is 0 Å². The molecular formula is C16H25ClN4O. The van der Waals surface area contributed by atoms with Crippen LogP contribution in [0.15, 0.2) is 18.3 Å². The maximum atomic E-state index is 12.5. The molecule has 1 aromatic heterocycles. The summed E-state index contributed by atoms with van der Waals surface area (Å²) < 4.78 is 0. The van der Waals surface area contributed by atoms with E-state index in [1.807, 2.05) is 28.9 Å². The Hall–Kier alpha value is -1.33. The standard InChI is InChI=1S/C16H25ClN4O/c1-4-21(13(2)3)16(22)20-9-7-19(8-10-20)12-15-6-5-14(17)11-18-15/h5-6,11,13H,4,7-10,12H2,1-3H3.